The van der Waals surface area contributed by atoms with E-state index in [-0.39, 0.29) is 45.6 Å². The van der Waals surface area contributed by atoms with E-state index in [1.807, 2.05) is 20.8 Å². The van der Waals surface area contributed by atoms with Crippen molar-refractivity contribution in [1.29, 1.82) is 0 Å². The van der Waals surface area contributed by atoms with Crippen molar-refractivity contribution in [3.63, 3.8) is 0 Å². The predicted octanol–water partition coefficient (Wildman–Crippen LogP) is 10.9. The molecule has 0 saturated heterocycles. The summed E-state index contributed by atoms with van der Waals surface area (Å²) in [5.41, 5.74) is -1.54. The average Bonchev–Trinajstić information content (AvgIpc) is 3.39. The van der Waals surface area contributed by atoms with Crippen LogP contribution in [-0.2, 0) is 9.53 Å². The number of carbonyl (C=O) groups excluding carboxylic acids is 1. The van der Waals surface area contributed by atoms with Gasteiger partial charge in [0.05, 0.1) is 17.3 Å². The summed E-state index contributed by atoms with van der Waals surface area (Å²) in [6.07, 6.45) is 23.3. The predicted molar refractivity (Wildman–Crippen MR) is 202 cm³/mol. The first kappa shape index (κ1) is 41.1. The number of hydrogen-bond acceptors (Lipinski definition) is 5. The van der Waals surface area contributed by atoms with Gasteiger partial charge in [-0.3, -0.25) is 4.79 Å². The van der Waals surface area contributed by atoms with Crippen molar-refractivity contribution in [2.75, 3.05) is 0 Å². The normalized spacial score (nSPS) is 38.3. The van der Waals surface area contributed by atoms with Crippen molar-refractivity contribution < 1.29 is 24.9 Å². The van der Waals surface area contributed by atoms with Gasteiger partial charge in [-0.05, 0) is 131 Å². The highest BCUT2D eigenvalue weighted by Crippen LogP contribution is 2.76. The molecule has 4 fully saturated rings. The second-order valence-corrected chi connectivity index (χ2v) is 20.1. The van der Waals surface area contributed by atoms with Crippen LogP contribution in [0.15, 0.2) is 0 Å². The van der Waals surface area contributed by atoms with Crippen LogP contribution in [-0.4, -0.2) is 44.7 Å². The maximum Gasteiger partial charge on any atom is 0.306 e. The van der Waals surface area contributed by atoms with Crippen LogP contribution in [0.4, 0.5) is 0 Å². The first-order valence-electron chi connectivity index (χ1n) is 21.2. The summed E-state index contributed by atoms with van der Waals surface area (Å²) in [7, 11) is 0. The average molecular weight is 689 g/mol. The molecule has 5 nitrogen and oxygen atoms in total. The second kappa shape index (κ2) is 16.2. The molecule has 4 rings (SSSR count). The van der Waals surface area contributed by atoms with E-state index in [0.717, 1.165) is 64.2 Å². The fraction of sp³-hybridized carbons (Fsp3) is 0.977. The van der Waals surface area contributed by atoms with Crippen molar-refractivity contribution in [1.82, 2.24) is 0 Å². The minimum Gasteiger partial charge on any atom is -0.462 e. The van der Waals surface area contributed by atoms with Gasteiger partial charge in [0.1, 0.15) is 6.10 Å². The van der Waals surface area contributed by atoms with Crippen molar-refractivity contribution in [3.8, 4) is 0 Å². The molecule has 4 aliphatic rings. The molecule has 0 radical (unpaired) electrons. The Bertz CT molecular complexity index is 1060. The number of aliphatic hydroxyl groups is 3. The maximum absolute atomic E-state index is 13.1. The van der Waals surface area contributed by atoms with Gasteiger partial charge in [0.25, 0.3) is 0 Å². The van der Waals surface area contributed by atoms with E-state index in [2.05, 4.69) is 41.5 Å². The van der Waals surface area contributed by atoms with Crippen LogP contribution in [0.2, 0.25) is 0 Å². The molecule has 0 aromatic heterocycles. The molecule has 0 bridgehead atoms. The SMILES string of the molecule is CCCCCCCCCCCCCC(=O)O[C@H]1CC[C@]2(C)[C@H]3C[C@@H](O)[C@@H]4[C@@H]([C@](C)(O)CCCC(C)(C)O)CC[C@@]4(C)[C@]3(C)CC[C@H]2C1(C)C. The van der Waals surface area contributed by atoms with Crippen molar-refractivity contribution in [2.24, 2.45) is 45.3 Å². The summed E-state index contributed by atoms with van der Waals surface area (Å²) < 4.78 is 6.34. The lowest BCUT2D eigenvalue weighted by Gasteiger charge is -2.70. The maximum atomic E-state index is 13.1. The minimum absolute atomic E-state index is 0.00621. The van der Waals surface area contributed by atoms with Gasteiger partial charge < -0.3 is 20.1 Å². The molecule has 0 aliphatic heterocycles. The van der Waals surface area contributed by atoms with Crippen molar-refractivity contribution in [3.05, 3.63) is 0 Å². The van der Waals surface area contributed by atoms with Crippen LogP contribution in [0, 0.1) is 45.3 Å². The van der Waals surface area contributed by atoms with Crippen molar-refractivity contribution >= 4 is 5.97 Å². The van der Waals surface area contributed by atoms with E-state index >= 15 is 0 Å². The number of esters is 1. The van der Waals surface area contributed by atoms with Crippen LogP contribution in [0.1, 0.15) is 204 Å². The van der Waals surface area contributed by atoms with Crippen LogP contribution in [0.3, 0.4) is 0 Å². The molecule has 4 aliphatic carbocycles. The minimum atomic E-state index is -0.851. The molecule has 0 aromatic carbocycles. The molecule has 286 valence electrons. The zero-order valence-electron chi connectivity index (χ0n) is 33.7. The second-order valence-electron chi connectivity index (χ2n) is 20.1. The third kappa shape index (κ3) is 8.77. The van der Waals surface area contributed by atoms with E-state index in [0.29, 0.717) is 31.1 Å². The molecule has 0 aromatic rings. The molecule has 4 saturated carbocycles. The Morgan fingerprint density at radius 2 is 1.29 bits per heavy atom. The standard InChI is InChI=1S/C44H80O5/c1-10-11-12-13-14-15-16-17-18-19-20-22-37(46)49-36-25-28-41(6)34(40(36,4)5)24-30-42(7)35(41)31-33(45)38-32(23-29-43(38,42)8)44(9,48)27-21-26-39(2,3)47/h32-36,38,45,47-48H,10-31H2,1-9H3/t32-,33+,34-,35+,36-,38-,41-,42+,43+,44+/m0/s1. The van der Waals surface area contributed by atoms with Gasteiger partial charge in [-0.25, -0.2) is 0 Å². The molecule has 3 N–H and O–H groups in total. The summed E-state index contributed by atoms with van der Waals surface area (Å²) >= 11 is 0. The summed E-state index contributed by atoms with van der Waals surface area (Å²) in [6.45, 7) is 20.2. The molecule has 0 amide bonds. The highest BCUT2D eigenvalue weighted by atomic mass is 16.5. The quantitative estimate of drug-likeness (QED) is 0.0985. The lowest BCUT2D eigenvalue weighted by molar-refractivity contribution is -0.249. The van der Waals surface area contributed by atoms with E-state index in [4.69, 9.17) is 4.74 Å². The molecular weight excluding hydrogens is 608 g/mol. The first-order chi connectivity index (χ1) is 22.8. The van der Waals surface area contributed by atoms with E-state index in [9.17, 15) is 20.1 Å². The van der Waals surface area contributed by atoms with E-state index < -0.39 is 17.3 Å². The summed E-state index contributed by atoms with van der Waals surface area (Å²) in [5, 5.41) is 34.2. The Morgan fingerprint density at radius 3 is 1.88 bits per heavy atom. The number of unbranched alkanes of at least 4 members (excludes halogenated alkanes) is 10. The van der Waals surface area contributed by atoms with Crippen LogP contribution >= 0.6 is 0 Å². The van der Waals surface area contributed by atoms with Gasteiger partial charge in [0, 0.05) is 11.8 Å². The molecule has 10 atom stereocenters. The van der Waals surface area contributed by atoms with Crippen LogP contribution in [0.5, 0.6) is 0 Å². The largest absolute Gasteiger partial charge is 0.462 e. The van der Waals surface area contributed by atoms with Gasteiger partial charge >= 0.3 is 5.97 Å². The molecule has 5 heteroatoms. The number of rotatable bonds is 18. The highest BCUT2D eigenvalue weighted by molar-refractivity contribution is 5.69. The Hall–Kier alpha value is -0.650. The lowest BCUT2D eigenvalue weighted by atomic mass is 9.35. The number of aliphatic hydroxyl groups excluding tert-OH is 1. The van der Waals surface area contributed by atoms with Crippen LogP contribution in [0.25, 0.3) is 0 Å². The molecular formula is C44H80O5. The zero-order chi connectivity index (χ0) is 36.3. The van der Waals surface area contributed by atoms with Gasteiger partial charge in [-0.2, -0.15) is 0 Å². The fourth-order valence-electron chi connectivity index (χ4n) is 12.9. The molecule has 0 spiro atoms. The van der Waals surface area contributed by atoms with E-state index in [1.54, 1.807) is 0 Å². The zero-order valence-corrected chi connectivity index (χ0v) is 33.7. The van der Waals surface area contributed by atoms with Crippen LogP contribution < -0.4 is 0 Å². The van der Waals surface area contributed by atoms with Gasteiger partial charge in [-0.1, -0.05) is 106 Å². The Kier molecular flexibility index (Phi) is 13.6. The van der Waals surface area contributed by atoms with E-state index in [1.165, 1.54) is 57.8 Å². The topological polar surface area (TPSA) is 87.0 Å². The Labute approximate surface area is 302 Å². The Morgan fingerprint density at radius 1 is 0.714 bits per heavy atom. The molecule has 0 heterocycles. The monoisotopic (exact) mass is 689 g/mol. The number of hydrogen-bond donors (Lipinski definition) is 3. The third-order valence-corrected chi connectivity index (χ3v) is 15.9. The Balaban J connectivity index is 1.33. The smallest absolute Gasteiger partial charge is 0.306 e. The lowest BCUT2D eigenvalue weighted by Crippen LogP contribution is -2.66. The summed E-state index contributed by atoms with van der Waals surface area (Å²) in [5.74, 6) is 1.01. The first-order valence-corrected chi connectivity index (χ1v) is 21.2. The highest BCUT2D eigenvalue weighted by Gasteiger charge is 2.71. The number of fused-ring (bicyclic) bond motifs is 5. The summed E-state index contributed by atoms with van der Waals surface area (Å²) in [6, 6.07) is 0. The van der Waals surface area contributed by atoms with Gasteiger partial charge in [-0.15, -0.1) is 0 Å². The number of ether oxygens (including phenoxy) is 1. The third-order valence-electron chi connectivity index (χ3n) is 15.9. The number of carbonyl (C=O) groups is 1. The molecule has 0 unspecified atom stereocenters. The fourth-order valence-corrected chi connectivity index (χ4v) is 12.9. The van der Waals surface area contributed by atoms with Crippen molar-refractivity contribution in [2.45, 2.75) is 227 Å². The summed E-state index contributed by atoms with van der Waals surface area (Å²) in [4.78, 5) is 13.1. The molecule has 49 heavy (non-hydrogen) atoms. The van der Waals surface area contributed by atoms with Gasteiger partial charge in [0.15, 0.2) is 0 Å². The van der Waals surface area contributed by atoms with Gasteiger partial charge in [0.2, 0.25) is 0 Å².